The van der Waals surface area contributed by atoms with Crippen molar-refractivity contribution < 1.29 is 0 Å². The molecule has 0 atom stereocenters. The summed E-state index contributed by atoms with van der Waals surface area (Å²) in [7, 11) is 0. The molecule has 0 aliphatic carbocycles. The molecule has 0 aromatic heterocycles. The van der Waals surface area contributed by atoms with E-state index >= 15 is 0 Å². The molecule has 0 aliphatic rings. The topological polar surface area (TPSA) is 49.8 Å². The minimum absolute atomic E-state index is 0.454. The average Bonchev–Trinajstić information content (AvgIpc) is 1.99. The van der Waals surface area contributed by atoms with E-state index in [1.54, 1.807) is 12.1 Å². The van der Waals surface area contributed by atoms with Crippen molar-refractivity contribution in [2.24, 2.45) is 0 Å². The Morgan fingerprint density at radius 3 is 2.64 bits per heavy atom. The van der Waals surface area contributed by atoms with E-state index in [2.05, 4.69) is 0 Å². The van der Waals surface area contributed by atoms with Gasteiger partial charge >= 0.3 is 0 Å². The largest absolute Gasteiger partial charge is 0.397 e. The van der Waals surface area contributed by atoms with Crippen molar-refractivity contribution in [2.75, 3.05) is 5.73 Å². The number of rotatable bonds is 0. The highest BCUT2D eigenvalue weighted by atomic mass is 127. The van der Waals surface area contributed by atoms with E-state index in [9.17, 15) is 0 Å². The maximum Gasteiger partial charge on any atom is 0.0992 e. The first-order chi connectivity index (χ1) is 5.15. The Balaban J connectivity index is 3.35. The van der Waals surface area contributed by atoms with Crippen LogP contribution in [-0.4, -0.2) is 0 Å². The normalized spacial score (nSPS) is 9.18. The molecule has 1 aromatic carbocycles. The zero-order valence-electron chi connectivity index (χ0n) is 5.44. The van der Waals surface area contributed by atoms with Crippen molar-refractivity contribution in [2.45, 2.75) is 0 Å². The van der Waals surface area contributed by atoms with Crippen LogP contribution in [0.15, 0.2) is 12.1 Å². The highest BCUT2D eigenvalue weighted by Crippen LogP contribution is 2.26. The highest BCUT2D eigenvalue weighted by Gasteiger charge is 2.02. The Hall–Kier alpha value is -0.470. The molecule has 2 nitrogen and oxygen atoms in total. The Bertz CT molecular complexity index is 307. The fraction of sp³-hybridized carbons (Fsp3) is 0. The van der Waals surface area contributed by atoms with Gasteiger partial charge < -0.3 is 5.73 Å². The number of anilines is 1. The smallest absolute Gasteiger partial charge is 0.0992 e. The van der Waals surface area contributed by atoms with Crippen LogP contribution in [0.3, 0.4) is 0 Å². The number of halogens is 2. The zero-order chi connectivity index (χ0) is 8.43. The van der Waals surface area contributed by atoms with Crippen molar-refractivity contribution in [3.63, 3.8) is 0 Å². The fourth-order valence-corrected chi connectivity index (χ4v) is 1.43. The van der Waals surface area contributed by atoms with Gasteiger partial charge in [-0.1, -0.05) is 11.6 Å². The first-order valence-corrected chi connectivity index (χ1v) is 4.25. The molecule has 0 heterocycles. The number of nitrogen functional groups attached to an aromatic ring is 1. The van der Waals surface area contributed by atoms with Gasteiger partial charge in [-0.25, -0.2) is 0 Å². The lowest BCUT2D eigenvalue weighted by Gasteiger charge is -1.99. The summed E-state index contributed by atoms with van der Waals surface area (Å²) >= 11 is 7.80. The fourth-order valence-electron chi connectivity index (χ4n) is 0.675. The molecule has 1 rings (SSSR count). The van der Waals surface area contributed by atoms with Gasteiger partial charge in [0.25, 0.3) is 0 Å². The van der Waals surface area contributed by atoms with Gasteiger partial charge in [0.2, 0.25) is 0 Å². The van der Waals surface area contributed by atoms with Gasteiger partial charge in [0.05, 0.1) is 22.3 Å². The van der Waals surface area contributed by atoms with Crippen molar-refractivity contribution >= 4 is 39.9 Å². The van der Waals surface area contributed by atoms with Gasteiger partial charge in [0.1, 0.15) is 0 Å². The maximum atomic E-state index is 8.53. The second-order valence-corrected chi connectivity index (χ2v) is 3.51. The Morgan fingerprint density at radius 1 is 1.55 bits per heavy atom. The standard InChI is InChI=1S/C7H4ClIN2/c8-7-5(9)1-4(3-10)2-6(7)11/h1-2H,11H2. The predicted molar refractivity (Wildman–Crippen MR) is 53.3 cm³/mol. The molecule has 0 radical (unpaired) electrons. The molecular weight excluding hydrogens is 274 g/mol. The number of benzene rings is 1. The van der Waals surface area contributed by atoms with Gasteiger partial charge in [-0.3, -0.25) is 0 Å². The molecule has 4 heteroatoms. The molecule has 0 unspecified atom stereocenters. The average molecular weight is 278 g/mol. The zero-order valence-corrected chi connectivity index (χ0v) is 8.35. The molecule has 0 spiro atoms. The first kappa shape index (κ1) is 8.62. The molecule has 1 aromatic rings. The van der Waals surface area contributed by atoms with Crippen LogP contribution in [0.4, 0.5) is 5.69 Å². The second kappa shape index (κ2) is 3.28. The maximum absolute atomic E-state index is 8.53. The van der Waals surface area contributed by atoms with Crippen molar-refractivity contribution in [3.8, 4) is 6.07 Å². The summed E-state index contributed by atoms with van der Waals surface area (Å²) < 4.78 is 0.806. The van der Waals surface area contributed by atoms with Crippen LogP contribution in [0.1, 0.15) is 5.56 Å². The van der Waals surface area contributed by atoms with Crippen LogP contribution in [0, 0.1) is 14.9 Å². The van der Waals surface area contributed by atoms with E-state index in [1.807, 2.05) is 28.7 Å². The van der Waals surface area contributed by atoms with E-state index in [0.717, 1.165) is 3.57 Å². The summed E-state index contributed by atoms with van der Waals surface area (Å²) in [5, 5.41) is 9.04. The third kappa shape index (κ3) is 1.76. The van der Waals surface area contributed by atoms with Gasteiger partial charge in [-0.2, -0.15) is 5.26 Å². The third-order valence-corrected chi connectivity index (χ3v) is 2.78. The van der Waals surface area contributed by atoms with E-state index < -0.39 is 0 Å². The predicted octanol–water partition coefficient (Wildman–Crippen LogP) is 2.40. The monoisotopic (exact) mass is 278 g/mol. The van der Waals surface area contributed by atoms with Gasteiger partial charge in [0.15, 0.2) is 0 Å². The summed E-state index contributed by atoms with van der Waals surface area (Å²) in [4.78, 5) is 0. The Morgan fingerprint density at radius 2 is 2.18 bits per heavy atom. The SMILES string of the molecule is N#Cc1cc(N)c(Cl)c(I)c1. The van der Waals surface area contributed by atoms with E-state index in [-0.39, 0.29) is 0 Å². The van der Waals surface area contributed by atoms with Crippen LogP contribution >= 0.6 is 34.2 Å². The van der Waals surface area contributed by atoms with Crippen molar-refractivity contribution in [1.29, 1.82) is 5.26 Å². The third-order valence-electron chi connectivity index (χ3n) is 1.19. The minimum atomic E-state index is 0.454. The molecule has 2 N–H and O–H groups in total. The number of nitrogens with zero attached hydrogens (tertiary/aromatic N) is 1. The highest BCUT2D eigenvalue weighted by molar-refractivity contribution is 14.1. The van der Waals surface area contributed by atoms with Crippen LogP contribution < -0.4 is 5.73 Å². The van der Waals surface area contributed by atoms with Crippen molar-refractivity contribution in [1.82, 2.24) is 0 Å². The number of nitriles is 1. The molecule has 0 fully saturated rings. The molecular formula is C7H4ClIN2. The number of hydrogen-bond acceptors (Lipinski definition) is 2. The van der Waals surface area contributed by atoms with Crippen LogP contribution in [0.25, 0.3) is 0 Å². The van der Waals surface area contributed by atoms with Crippen LogP contribution in [0.2, 0.25) is 5.02 Å². The van der Waals surface area contributed by atoms with Crippen molar-refractivity contribution in [3.05, 3.63) is 26.3 Å². The summed E-state index contributed by atoms with van der Waals surface area (Å²) in [6.07, 6.45) is 0. The van der Waals surface area contributed by atoms with E-state index in [4.69, 9.17) is 22.6 Å². The molecule has 0 saturated heterocycles. The van der Waals surface area contributed by atoms with E-state index in [1.165, 1.54) is 0 Å². The molecule has 0 amide bonds. The quantitative estimate of drug-likeness (QED) is 0.585. The van der Waals surface area contributed by atoms with Crippen LogP contribution in [0.5, 0.6) is 0 Å². The van der Waals surface area contributed by atoms with Crippen LogP contribution in [-0.2, 0) is 0 Å². The molecule has 0 saturated carbocycles. The lowest BCUT2D eigenvalue weighted by Crippen LogP contribution is -1.90. The summed E-state index contributed by atoms with van der Waals surface area (Å²) in [5.74, 6) is 0. The Labute approximate surface area is 83.1 Å². The lowest BCUT2D eigenvalue weighted by molar-refractivity contribution is 1.47. The molecule has 56 valence electrons. The van der Waals surface area contributed by atoms with Gasteiger partial charge in [-0.15, -0.1) is 0 Å². The lowest BCUT2D eigenvalue weighted by atomic mass is 10.2. The molecule has 11 heavy (non-hydrogen) atoms. The summed E-state index contributed by atoms with van der Waals surface area (Å²) in [6.45, 7) is 0. The number of nitrogens with two attached hydrogens (primary N) is 1. The summed E-state index contributed by atoms with van der Waals surface area (Å²) in [6, 6.07) is 5.25. The molecule has 0 bridgehead atoms. The number of hydrogen-bond donors (Lipinski definition) is 1. The minimum Gasteiger partial charge on any atom is -0.397 e. The second-order valence-electron chi connectivity index (χ2n) is 1.97. The summed E-state index contributed by atoms with van der Waals surface area (Å²) in [5.41, 5.74) is 6.50. The van der Waals surface area contributed by atoms with Gasteiger partial charge in [0, 0.05) is 3.57 Å². The Kier molecular flexibility index (Phi) is 2.58. The molecule has 0 aliphatic heterocycles. The first-order valence-electron chi connectivity index (χ1n) is 2.79. The van der Waals surface area contributed by atoms with E-state index in [0.29, 0.717) is 16.3 Å². The van der Waals surface area contributed by atoms with Gasteiger partial charge in [-0.05, 0) is 34.7 Å².